The maximum absolute atomic E-state index is 10.6. The highest BCUT2D eigenvalue weighted by atomic mass is 35.5. The Bertz CT molecular complexity index is 268. The minimum Gasteiger partial charge on any atom is -0.481 e. The van der Waals surface area contributed by atoms with Crippen LogP contribution in [0.4, 0.5) is 0 Å². The molecule has 0 bridgehead atoms. The number of halogens is 2. The molecule has 0 spiro atoms. The van der Waals surface area contributed by atoms with Crippen LogP contribution in [0.15, 0.2) is 22.8 Å². The first kappa shape index (κ1) is 9.62. The Morgan fingerprint density at radius 1 is 1.67 bits per heavy atom. The molecule has 0 aromatic rings. The zero-order valence-electron chi connectivity index (χ0n) is 6.42. The predicted octanol–water partition coefficient (Wildman–Crippen LogP) is 2.38. The Balaban J connectivity index is 2.92. The number of carboxylic acid groups (broad SMARTS) is 1. The molecule has 2 unspecified atom stereocenters. The van der Waals surface area contributed by atoms with Crippen LogP contribution in [0, 0.1) is 5.92 Å². The minimum absolute atomic E-state index is 0.423. The first-order chi connectivity index (χ1) is 5.54. The molecule has 12 heavy (non-hydrogen) atoms. The summed E-state index contributed by atoms with van der Waals surface area (Å²) >= 11 is 11.6. The van der Waals surface area contributed by atoms with Gasteiger partial charge in [-0.05, 0) is 12.5 Å². The SMILES string of the molecule is CC1=C(Cl)C(Cl)C(C(=O)O)C=C1. The fourth-order valence-electron chi connectivity index (χ4n) is 1.01. The van der Waals surface area contributed by atoms with Crippen molar-refractivity contribution in [3.8, 4) is 0 Å². The molecule has 0 fully saturated rings. The average Bonchev–Trinajstić information content (AvgIpc) is 2.00. The third-order valence-electron chi connectivity index (χ3n) is 1.77. The fourth-order valence-corrected chi connectivity index (χ4v) is 1.57. The van der Waals surface area contributed by atoms with Crippen molar-refractivity contribution < 1.29 is 9.90 Å². The number of carboxylic acids is 1. The number of hydrogen-bond acceptors (Lipinski definition) is 1. The van der Waals surface area contributed by atoms with E-state index in [0.717, 1.165) is 5.57 Å². The van der Waals surface area contributed by atoms with Crippen LogP contribution >= 0.6 is 23.2 Å². The number of hydrogen-bond donors (Lipinski definition) is 1. The molecule has 0 radical (unpaired) electrons. The smallest absolute Gasteiger partial charge is 0.312 e. The summed E-state index contributed by atoms with van der Waals surface area (Å²) in [5.74, 6) is -1.65. The Morgan fingerprint density at radius 3 is 2.75 bits per heavy atom. The summed E-state index contributed by atoms with van der Waals surface area (Å²) in [5.41, 5.74) is 0.828. The van der Waals surface area contributed by atoms with Gasteiger partial charge in [0, 0.05) is 5.03 Å². The van der Waals surface area contributed by atoms with Crippen molar-refractivity contribution in [2.75, 3.05) is 0 Å². The van der Waals surface area contributed by atoms with Crippen LogP contribution in [0.5, 0.6) is 0 Å². The van der Waals surface area contributed by atoms with Crippen LogP contribution in [0.1, 0.15) is 6.92 Å². The van der Waals surface area contributed by atoms with Gasteiger partial charge in [0.15, 0.2) is 0 Å². The second-order valence-corrected chi connectivity index (χ2v) is 3.53. The second kappa shape index (κ2) is 3.50. The molecule has 0 aliphatic heterocycles. The summed E-state index contributed by atoms with van der Waals surface area (Å²) < 4.78 is 0. The van der Waals surface area contributed by atoms with Crippen LogP contribution in [-0.2, 0) is 4.79 Å². The van der Waals surface area contributed by atoms with E-state index in [9.17, 15) is 4.79 Å². The summed E-state index contributed by atoms with van der Waals surface area (Å²) in [7, 11) is 0. The lowest BCUT2D eigenvalue weighted by molar-refractivity contribution is -0.139. The second-order valence-electron chi connectivity index (χ2n) is 2.66. The van der Waals surface area contributed by atoms with Crippen molar-refractivity contribution in [2.45, 2.75) is 12.3 Å². The van der Waals surface area contributed by atoms with E-state index in [1.54, 1.807) is 19.1 Å². The quantitative estimate of drug-likeness (QED) is 0.670. The van der Waals surface area contributed by atoms with Crippen molar-refractivity contribution >= 4 is 29.2 Å². The summed E-state index contributed by atoms with van der Waals surface area (Å²) in [6.07, 6.45) is 3.24. The lowest BCUT2D eigenvalue weighted by atomic mass is 9.97. The van der Waals surface area contributed by atoms with Gasteiger partial charge < -0.3 is 5.11 Å². The molecular formula is C8H8Cl2O2. The normalized spacial score (nSPS) is 29.2. The molecule has 0 aromatic carbocycles. The zero-order chi connectivity index (χ0) is 9.30. The molecule has 0 saturated heterocycles. The van der Waals surface area contributed by atoms with Gasteiger partial charge in [-0.3, -0.25) is 4.79 Å². The van der Waals surface area contributed by atoms with Crippen molar-refractivity contribution in [3.05, 3.63) is 22.8 Å². The van der Waals surface area contributed by atoms with E-state index in [1.807, 2.05) is 0 Å². The van der Waals surface area contributed by atoms with Gasteiger partial charge in [-0.1, -0.05) is 23.8 Å². The Labute approximate surface area is 80.5 Å². The topological polar surface area (TPSA) is 37.3 Å². The van der Waals surface area contributed by atoms with Gasteiger partial charge in [0.2, 0.25) is 0 Å². The van der Waals surface area contributed by atoms with E-state index in [1.165, 1.54) is 0 Å². The molecule has 1 aliphatic carbocycles. The van der Waals surface area contributed by atoms with Crippen LogP contribution in [0.3, 0.4) is 0 Å². The Hall–Kier alpha value is -0.470. The fraction of sp³-hybridized carbons (Fsp3) is 0.375. The number of aliphatic carboxylic acids is 1. The highest BCUT2D eigenvalue weighted by Crippen LogP contribution is 2.31. The van der Waals surface area contributed by atoms with Gasteiger partial charge >= 0.3 is 5.97 Å². The number of carbonyl (C=O) groups is 1. The lowest BCUT2D eigenvalue weighted by Crippen LogP contribution is -2.24. The molecule has 2 atom stereocenters. The molecular weight excluding hydrogens is 199 g/mol. The molecule has 1 aliphatic rings. The predicted molar refractivity (Wildman–Crippen MR) is 48.5 cm³/mol. The summed E-state index contributed by atoms with van der Waals surface area (Å²) in [6.45, 7) is 1.80. The monoisotopic (exact) mass is 206 g/mol. The highest BCUT2D eigenvalue weighted by molar-refractivity contribution is 6.38. The first-order valence-electron chi connectivity index (χ1n) is 3.45. The average molecular weight is 207 g/mol. The van der Waals surface area contributed by atoms with Crippen molar-refractivity contribution in [3.63, 3.8) is 0 Å². The van der Waals surface area contributed by atoms with E-state index < -0.39 is 17.3 Å². The molecule has 2 nitrogen and oxygen atoms in total. The van der Waals surface area contributed by atoms with E-state index >= 15 is 0 Å². The molecule has 66 valence electrons. The standard InChI is InChI=1S/C8H8Cl2O2/c1-4-2-3-5(8(11)12)7(10)6(4)9/h2-3,5,7H,1H3,(H,11,12). The largest absolute Gasteiger partial charge is 0.481 e. The number of rotatable bonds is 1. The molecule has 0 amide bonds. The zero-order valence-corrected chi connectivity index (χ0v) is 7.93. The summed E-state index contributed by atoms with van der Waals surface area (Å²) in [6, 6.07) is 0. The van der Waals surface area contributed by atoms with E-state index in [-0.39, 0.29) is 0 Å². The van der Waals surface area contributed by atoms with E-state index in [0.29, 0.717) is 5.03 Å². The maximum atomic E-state index is 10.6. The van der Waals surface area contributed by atoms with Crippen LogP contribution in [0.2, 0.25) is 0 Å². The van der Waals surface area contributed by atoms with E-state index in [4.69, 9.17) is 28.3 Å². The van der Waals surface area contributed by atoms with Gasteiger partial charge in [0.1, 0.15) is 0 Å². The molecule has 0 heterocycles. The maximum Gasteiger partial charge on any atom is 0.312 e. The summed E-state index contributed by atoms with van der Waals surface area (Å²) in [4.78, 5) is 10.6. The van der Waals surface area contributed by atoms with Gasteiger partial charge in [0.25, 0.3) is 0 Å². The van der Waals surface area contributed by atoms with Crippen molar-refractivity contribution in [1.82, 2.24) is 0 Å². The minimum atomic E-state index is -0.947. The number of alkyl halides is 1. The van der Waals surface area contributed by atoms with E-state index in [2.05, 4.69) is 0 Å². The molecule has 0 saturated carbocycles. The van der Waals surface area contributed by atoms with Gasteiger partial charge in [-0.2, -0.15) is 0 Å². The first-order valence-corrected chi connectivity index (χ1v) is 4.27. The third-order valence-corrected chi connectivity index (χ3v) is 2.91. The molecule has 1 N–H and O–H groups in total. The van der Waals surface area contributed by atoms with Crippen LogP contribution in [-0.4, -0.2) is 16.5 Å². The van der Waals surface area contributed by atoms with Gasteiger partial charge in [-0.25, -0.2) is 0 Å². The Morgan fingerprint density at radius 2 is 2.25 bits per heavy atom. The molecule has 4 heteroatoms. The highest BCUT2D eigenvalue weighted by Gasteiger charge is 2.29. The molecule has 0 aromatic heterocycles. The van der Waals surface area contributed by atoms with Crippen LogP contribution < -0.4 is 0 Å². The van der Waals surface area contributed by atoms with Crippen molar-refractivity contribution in [2.24, 2.45) is 5.92 Å². The van der Waals surface area contributed by atoms with Gasteiger partial charge in [0.05, 0.1) is 11.3 Å². The molecule has 1 rings (SSSR count). The lowest BCUT2D eigenvalue weighted by Gasteiger charge is -2.19. The Kier molecular flexibility index (Phi) is 2.80. The summed E-state index contributed by atoms with van der Waals surface area (Å²) in [5, 5.41) is 8.49. The third kappa shape index (κ3) is 1.65. The van der Waals surface area contributed by atoms with Crippen LogP contribution in [0.25, 0.3) is 0 Å². The number of allylic oxidation sites excluding steroid dienone is 3. The van der Waals surface area contributed by atoms with Crippen molar-refractivity contribution in [1.29, 1.82) is 0 Å². The van der Waals surface area contributed by atoms with Gasteiger partial charge in [-0.15, -0.1) is 11.6 Å².